The lowest BCUT2D eigenvalue weighted by Crippen LogP contribution is -2.38. The van der Waals surface area contributed by atoms with E-state index in [1.807, 2.05) is 13.8 Å². The van der Waals surface area contributed by atoms with Gasteiger partial charge in [-0.15, -0.1) is 11.3 Å². The van der Waals surface area contributed by atoms with E-state index in [9.17, 15) is 4.79 Å². The number of carbonyl (C=O) groups excluding carboxylic acids is 1. The van der Waals surface area contributed by atoms with Crippen LogP contribution in [0.1, 0.15) is 27.9 Å². The molecule has 0 spiro atoms. The van der Waals surface area contributed by atoms with Crippen molar-refractivity contribution in [2.75, 3.05) is 18.9 Å². The van der Waals surface area contributed by atoms with Crippen molar-refractivity contribution in [3.63, 3.8) is 0 Å². The Labute approximate surface area is 105 Å². The largest absolute Gasteiger partial charge is 0.398 e. The van der Waals surface area contributed by atoms with E-state index in [1.54, 1.807) is 6.07 Å². The van der Waals surface area contributed by atoms with Crippen molar-refractivity contribution >= 4 is 22.9 Å². The molecule has 2 unspecified atom stereocenters. The molecule has 17 heavy (non-hydrogen) atoms. The summed E-state index contributed by atoms with van der Waals surface area (Å²) in [6, 6.07) is 1.89. The smallest absolute Gasteiger partial charge is 0.261 e. The number of rotatable bonds is 3. The molecule has 3 N–H and O–H groups in total. The summed E-state index contributed by atoms with van der Waals surface area (Å²) in [4.78, 5) is 13.7. The average Bonchev–Trinajstić information content (AvgIpc) is 2.89. The standard InChI is InChI=1S/C12H18N2O2S/c1-7(9-3-4-16-6-9)14-12(15)11-5-10(13)8(2)17-11/h5,7,9H,3-4,6,13H2,1-2H3,(H,14,15). The topological polar surface area (TPSA) is 64.3 Å². The van der Waals surface area contributed by atoms with E-state index in [2.05, 4.69) is 5.32 Å². The molecule has 0 saturated carbocycles. The summed E-state index contributed by atoms with van der Waals surface area (Å²) in [5, 5.41) is 3.01. The molecule has 0 radical (unpaired) electrons. The van der Waals surface area contributed by atoms with Gasteiger partial charge in [0.05, 0.1) is 11.5 Å². The third-order valence-corrected chi connectivity index (χ3v) is 4.28. The molecule has 1 amide bonds. The second-order valence-electron chi connectivity index (χ2n) is 4.51. The zero-order valence-electron chi connectivity index (χ0n) is 10.2. The van der Waals surface area contributed by atoms with Gasteiger partial charge in [0.2, 0.25) is 0 Å². The second kappa shape index (κ2) is 5.06. The summed E-state index contributed by atoms with van der Waals surface area (Å²) in [7, 11) is 0. The van der Waals surface area contributed by atoms with Gasteiger partial charge in [0.15, 0.2) is 0 Å². The number of nitrogen functional groups attached to an aromatic ring is 1. The highest BCUT2D eigenvalue weighted by atomic mass is 32.1. The SMILES string of the molecule is Cc1sc(C(=O)NC(C)C2CCOC2)cc1N. The van der Waals surface area contributed by atoms with Crippen LogP contribution in [0.2, 0.25) is 0 Å². The Hall–Kier alpha value is -1.07. The molecule has 1 aliphatic heterocycles. The molecule has 1 aromatic rings. The fraction of sp³-hybridized carbons (Fsp3) is 0.583. The average molecular weight is 254 g/mol. The van der Waals surface area contributed by atoms with Gasteiger partial charge in [0.25, 0.3) is 5.91 Å². The minimum Gasteiger partial charge on any atom is -0.398 e. The lowest BCUT2D eigenvalue weighted by atomic mass is 10.0. The first-order chi connectivity index (χ1) is 8.08. The van der Waals surface area contributed by atoms with Gasteiger partial charge in [-0.05, 0) is 26.3 Å². The third-order valence-electron chi connectivity index (χ3n) is 3.21. The summed E-state index contributed by atoms with van der Waals surface area (Å²) >= 11 is 1.44. The summed E-state index contributed by atoms with van der Waals surface area (Å²) < 4.78 is 5.32. The predicted octanol–water partition coefficient (Wildman–Crippen LogP) is 1.79. The molecule has 5 heteroatoms. The van der Waals surface area contributed by atoms with Crippen LogP contribution in [-0.2, 0) is 4.74 Å². The molecule has 0 bridgehead atoms. The van der Waals surface area contributed by atoms with Gasteiger partial charge >= 0.3 is 0 Å². The molecular formula is C12H18N2O2S. The third kappa shape index (κ3) is 2.79. The number of nitrogens with two attached hydrogens (primary N) is 1. The number of carbonyl (C=O) groups is 1. The fourth-order valence-corrected chi connectivity index (χ4v) is 2.80. The lowest BCUT2D eigenvalue weighted by molar-refractivity contribution is 0.0926. The van der Waals surface area contributed by atoms with Crippen molar-refractivity contribution in [1.29, 1.82) is 0 Å². The van der Waals surface area contributed by atoms with Crippen molar-refractivity contribution in [3.8, 4) is 0 Å². The molecule has 0 aromatic carbocycles. The number of nitrogens with one attached hydrogen (secondary N) is 1. The molecule has 2 heterocycles. The monoisotopic (exact) mass is 254 g/mol. The van der Waals surface area contributed by atoms with Crippen LogP contribution in [-0.4, -0.2) is 25.2 Å². The number of aryl methyl sites for hydroxylation is 1. The van der Waals surface area contributed by atoms with Gasteiger partial charge < -0.3 is 15.8 Å². The van der Waals surface area contributed by atoms with Gasteiger partial charge in [-0.3, -0.25) is 4.79 Å². The molecular weight excluding hydrogens is 236 g/mol. The van der Waals surface area contributed by atoms with E-state index in [-0.39, 0.29) is 11.9 Å². The van der Waals surface area contributed by atoms with Gasteiger partial charge in [0.1, 0.15) is 0 Å². The molecule has 2 rings (SSSR count). The maximum atomic E-state index is 12.0. The Balaban J connectivity index is 1.96. The molecule has 1 aliphatic rings. The first-order valence-electron chi connectivity index (χ1n) is 5.82. The van der Waals surface area contributed by atoms with Crippen LogP contribution in [0, 0.1) is 12.8 Å². The van der Waals surface area contributed by atoms with E-state index in [0.717, 1.165) is 24.5 Å². The first kappa shape index (κ1) is 12.4. The van der Waals surface area contributed by atoms with E-state index < -0.39 is 0 Å². The lowest BCUT2D eigenvalue weighted by Gasteiger charge is -2.18. The Morgan fingerprint density at radius 3 is 3.00 bits per heavy atom. The van der Waals surface area contributed by atoms with Crippen LogP contribution < -0.4 is 11.1 Å². The highest BCUT2D eigenvalue weighted by molar-refractivity contribution is 7.14. The minimum atomic E-state index is -0.0331. The highest BCUT2D eigenvalue weighted by Gasteiger charge is 2.24. The quantitative estimate of drug-likeness (QED) is 0.864. The molecule has 94 valence electrons. The fourth-order valence-electron chi connectivity index (χ4n) is 1.95. The number of thiophene rings is 1. The summed E-state index contributed by atoms with van der Waals surface area (Å²) in [5.41, 5.74) is 6.43. The van der Waals surface area contributed by atoms with Gasteiger partial charge in [-0.25, -0.2) is 0 Å². The summed E-state index contributed by atoms with van der Waals surface area (Å²) in [5.74, 6) is 0.395. The van der Waals surface area contributed by atoms with Crippen LogP contribution in [0.4, 0.5) is 5.69 Å². The van der Waals surface area contributed by atoms with Crippen molar-refractivity contribution in [3.05, 3.63) is 15.8 Å². The number of ether oxygens (including phenoxy) is 1. The van der Waals surface area contributed by atoms with Gasteiger partial charge in [-0.2, -0.15) is 0 Å². The maximum absolute atomic E-state index is 12.0. The highest BCUT2D eigenvalue weighted by Crippen LogP contribution is 2.24. The van der Waals surface area contributed by atoms with Crippen LogP contribution >= 0.6 is 11.3 Å². The van der Waals surface area contributed by atoms with E-state index in [4.69, 9.17) is 10.5 Å². The normalized spacial score (nSPS) is 21.4. The Kier molecular flexibility index (Phi) is 3.69. The molecule has 2 atom stereocenters. The van der Waals surface area contributed by atoms with Gasteiger partial charge in [0, 0.05) is 29.1 Å². The number of anilines is 1. The zero-order chi connectivity index (χ0) is 12.4. The van der Waals surface area contributed by atoms with Crippen LogP contribution in [0.5, 0.6) is 0 Å². The predicted molar refractivity (Wildman–Crippen MR) is 69.3 cm³/mol. The van der Waals surface area contributed by atoms with Gasteiger partial charge in [-0.1, -0.05) is 0 Å². The zero-order valence-corrected chi connectivity index (χ0v) is 11.0. The summed E-state index contributed by atoms with van der Waals surface area (Å²) in [6.45, 7) is 5.50. The van der Waals surface area contributed by atoms with Crippen LogP contribution in [0.15, 0.2) is 6.07 Å². The Morgan fingerprint density at radius 2 is 2.47 bits per heavy atom. The Morgan fingerprint density at radius 1 is 1.71 bits per heavy atom. The van der Waals surface area contributed by atoms with E-state index in [0.29, 0.717) is 16.5 Å². The van der Waals surface area contributed by atoms with Crippen LogP contribution in [0.25, 0.3) is 0 Å². The van der Waals surface area contributed by atoms with E-state index >= 15 is 0 Å². The first-order valence-corrected chi connectivity index (χ1v) is 6.64. The Bertz CT molecular complexity index is 391. The van der Waals surface area contributed by atoms with Crippen LogP contribution in [0.3, 0.4) is 0 Å². The van der Waals surface area contributed by atoms with Crippen molar-refractivity contribution in [2.24, 2.45) is 5.92 Å². The molecule has 1 aromatic heterocycles. The van der Waals surface area contributed by atoms with Crippen molar-refractivity contribution in [1.82, 2.24) is 5.32 Å². The molecule has 0 aliphatic carbocycles. The van der Waals surface area contributed by atoms with Crippen molar-refractivity contribution in [2.45, 2.75) is 26.3 Å². The number of hydrogen-bond acceptors (Lipinski definition) is 4. The molecule has 1 fully saturated rings. The minimum absolute atomic E-state index is 0.0331. The second-order valence-corrected chi connectivity index (χ2v) is 5.76. The molecule has 1 saturated heterocycles. The number of amides is 1. The molecule has 4 nitrogen and oxygen atoms in total. The van der Waals surface area contributed by atoms with Crippen molar-refractivity contribution < 1.29 is 9.53 Å². The number of hydrogen-bond donors (Lipinski definition) is 2. The maximum Gasteiger partial charge on any atom is 0.261 e. The summed E-state index contributed by atoms with van der Waals surface area (Å²) in [6.07, 6.45) is 1.02. The van der Waals surface area contributed by atoms with E-state index in [1.165, 1.54) is 11.3 Å².